The lowest BCUT2D eigenvalue weighted by Gasteiger charge is -2.16. The van der Waals surface area contributed by atoms with E-state index in [0.717, 1.165) is 4.57 Å². The van der Waals surface area contributed by atoms with Crippen molar-refractivity contribution in [2.75, 3.05) is 13.1 Å². The predicted octanol–water partition coefficient (Wildman–Crippen LogP) is -0.291. The monoisotopic (exact) mass is 291 g/mol. The molecule has 7 heteroatoms. The summed E-state index contributed by atoms with van der Waals surface area (Å²) in [6.07, 6.45) is 3.28. The molecule has 1 unspecified atom stereocenters. The Kier molecular flexibility index (Phi) is 3.93. The molecule has 1 aromatic heterocycles. The van der Waals surface area contributed by atoms with Crippen molar-refractivity contribution in [3.8, 4) is 0 Å². The molecule has 21 heavy (non-hydrogen) atoms. The van der Waals surface area contributed by atoms with Crippen LogP contribution in [0.5, 0.6) is 0 Å². The summed E-state index contributed by atoms with van der Waals surface area (Å²) in [4.78, 5) is 49.4. The smallest absolute Gasteiger partial charge is 0.331 e. The van der Waals surface area contributed by atoms with Crippen LogP contribution < -0.4 is 11.2 Å². The van der Waals surface area contributed by atoms with Crippen molar-refractivity contribution in [3.05, 3.63) is 45.3 Å². The van der Waals surface area contributed by atoms with Gasteiger partial charge in [0, 0.05) is 26.3 Å². The highest BCUT2D eigenvalue weighted by Gasteiger charge is 2.33. The Balaban J connectivity index is 2.53. The molecule has 1 aromatic rings. The number of aromatic nitrogens is 2. The molecule has 1 fully saturated rings. The summed E-state index contributed by atoms with van der Waals surface area (Å²) in [5, 5.41) is 0. The van der Waals surface area contributed by atoms with Crippen LogP contribution in [0.15, 0.2) is 28.4 Å². The Morgan fingerprint density at radius 3 is 2.67 bits per heavy atom. The molecule has 1 amide bonds. The summed E-state index contributed by atoms with van der Waals surface area (Å²) in [7, 11) is 1.30. The zero-order chi connectivity index (χ0) is 15.7. The Bertz CT molecular complexity index is 729. The number of hydrogen-bond acceptors (Lipinski definition) is 4. The number of nitrogens with zero attached hydrogens (tertiary/aromatic N) is 3. The highest BCUT2D eigenvalue weighted by Crippen LogP contribution is 2.21. The van der Waals surface area contributed by atoms with Gasteiger partial charge in [-0.05, 0) is 13.3 Å². The SMILES string of the molecule is C=CCN1CCC(n2cc(C(C)=O)c(=O)n(C)c2=O)C1=O. The van der Waals surface area contributed by atoms with Gasteiger partial charge in [0.15, 0.2) is 5.78 Å². The molecule has 112 valence electrons. The molecule has 1 saturated heterocycles. The standard InChI is InChI=1S/C14H17N3O4/c1-4-6-16-7-5-11(13(16)20)17-8-10(9(2)18)12(19)15(3)14(17)21/h4,8,11H,1,5-7H2,2-3H3. The van der Waals surface area contributed by atoms with Crippen molar-refractivity contribution in [1.29, 1.82) is 0 Å². The van der Waals surface area contributed by atoms with Crippen molar-refractivity contribution in [2.45, 2.75) is 19.4 Å². The van der Waals surface area contributed by atoms with Crippen LogP contribution in [0, 0.1) is 0 Å². The Morgan fingerprint density at radius 1 is 1.43 bits per heavy atom. The number of likely N-dealkylation sites (tertiary alicyclic amines) is 1. The second kappa shape index (κ2) is 5.51. The first-order chi connectivity index (χ1) is 9.88. The van der Waals surface area contributed by atoms with Gasteiger partial charge < -0.3 is 4.90 Å². The molecule has 0 saturated carbocycles. The van der Waals surface area contributed by atoms with Gasteiger partial charge in [0.1, 0.15) is 6.04 Å². The average molecular weight is 291 g/mol. The van der Waals surface area contributed by atoms with Crippen LogP contribution >= 0.6 is 0 Å². The van der Waals surface area contributed by atoms with Crippen LogP contribution in [0.2, 0.25) is 0 Å². The second-order valence-electron chi connectivity index (χ2n) is 5.03. The number of carbonyl (C=O) groups is 2. The van der Waals surface area contributed by atoms with Gasteiger partial charge >= 0.3 is 5.69 Å². The van der Waals surface area contributed by atoms with Crippen LogP contribution in [0.3, 0.4) is 0 Å². The van der Waals surface area contributed by atoms with Gasteiger partial charge in [-0.1, -0.05) is 6.08 Å². The van der Waals surface area contributed by atoms with E-state index in [1.54, 1.807) is 11.0 Å². The first-order valence-electron chi connectivity index (χ1n) is 6.61. The molecule has 0 aliphatic carbocycles. The molecular formula is C14H17N3O4. The van der Waals surface area contributed by atoms with Crippen molar-refractivity contribution in [1.82, 2.24) is 14.0 Å². The zero-order valence-corrected chi connectivity index (χ0v) is 12.0. The highest BCUT2D eigenvalue weighted by atomic mass is 16.2. The number of amides is 1. The summed E-state index contributed by atoms with van der Waals surface area (Å²) in [5.74, 6) is -0.636. The van der Waals surface area contributed by atoms with E-state index in [1.165, 1.54) is 24.7 Å². The van der Waals surface area contributed by atoms with E-state index in [9.17, 15) is 19.2 Å². The first kappa shape index (κ1) is 15.0. The van der Waals surface area contributed by atoms with E-state index in [0.29, 0.717) is 19.5 Å². The molecule has 1 aliphatic rings. The number of rotatable bonds is 4. The fourth-order valence-corrected chi connectivity index (χ4v) is 2.47. The van der Waals surface area contributed by atoms with E-state index in [-0.39, 0.29) is 11.5 Å². The molecule has 0 bridgehead atoms. The molecule has 7 nitrogen and oxygen atoms in total. The summed E-state index contributed by atoms with van der Waals surface area (Å²) in [5.41, 5.74) is -1.33. The Morgan fingerprint density at radius 2 is 2.10 bits per heavy atom. The minimum atomic E-state index is -0.678. The number of Topliss-reactive ketones (excluding diaryl/α,β-unsaturated/α-hetero) is 1. The predicted molar refractivity (Wildman–Crippen MR) is 76.4 cm³/mol. The molecule has 0 spiro atoms. The van der Waals surface area contributed by atoms with Crippen molar-refractivity contribution in [3.63, 3.8) is 0 Å². The normalized spacial score (nSPS) is 18.1. The van der Waals surface area contributed by atoms with Gasteiger partial charge in [-0.25, -0.2) is 4.79 Å². The van der Waals surface area contributed by atoms with Gasteiger partial charge in [0.2, 0.25) is 5.91 Å². The van der Waals surface area contributed by atoms with E-state index in [1.807, 2.05) is 0 Å². The molecule has 0 N–H and O–H groups in total. The maximum Gasteiger partial charge on any atom is 0.331 e. The molecule has 1 aliphatic heterocycles. The summed E-state index contributed by atoms with van der Waals surface area (Å²) in [6.45, 7) is 5.77. The molecular weight excluding hydrogens is 274 g/mol. The minimum absolute atomic E-state index is 0.0907. The number of ketones is 1. The maximum atomic E-state index is 12.3. The molecule has 0 radical (unpaired) electrons. The topological polar surface area (TPSA) is 81.4 Å². The van der Waals surface area contributed by atoms with E-state index in [2.05, 4.69) is 6.58 Å². The van der Waals surface area contributed by atoms with Crippen molar-refractivity contribution < 1.29 is 9.59 Å². The molecule has 2 heterocycles. The van der Waals surface area contributed by atoms with Crippen LogP contribution in [0.25, 0.3) is 0 Å². The highest BCUT2D eigenvalue weighted by molar-refractivity contribution is 5.93. The van der Waals surface area contributed by atoms with Crippen molar-refractivity contribution >= 4 is 11.7 Å². The third-order valence-electron chi connectivity index (χ3n) is 3.64. The second-order valence-corrected chi connectivity index (χ2v) is 5.03. The third-order valence-corrected chi connectivity index (χ3v) is 3.64. The van der Waals surface area contributed by atoms with Crippen LogP contribution in [-0.2, 0) is 11.8 Å². The van der Waals surface area contributed by atoms with E-state index < -0.39 is 23.1 Å². The van der Waals surface area contributed by atoms with Crippen LogP contribution in [0.1, 0.15) is 29.7 Å². The van der Waals surface area contributed by atoms with Crippen molar-refractivity contribution in [2.24, 2.45) is 7.05 Å². The Hall–Kier alpha value is -2.44. The van der Waals surface area contributed by atoms with Gasteiger partial charge in [0.25, 0.3) is 5.56 Å². The van der Waals surface area contributed by atoms with Gasteiger partial charge in [0.05, 0.1) is 5.56 Å². The summed E-state index contributed by atoms with van der Waals surface area (Å²) in [6, 6.07) is -0.678. The maximum absolute atomic E-state index is 12.3. The average Bonchev–Trinajstić information content (AvgIpc) is 2.78. The quantitative estimate of drug-likeness (QED) is 0.564. The van der Waals surface area contributed by atoms with Crippen LogP contribution in [0.4, 0.5) is 0 Å². The van der Waals surface area contributed by atoms with Gasteiger partial charge in [-0.2, -0.15) is 0 Å². The fourth-order valence-electron chi connectivity index (χ4n) is 2.47. The molecule has 1 atom stereocenters. The first-order valence-corrected chi connectivity index (χ1v) is 6.61. The lowest BCUT2D eigenvalue weighted by atomic mass is 10.2. The van der Waals surface area contributed by atoms with Gasteiger partial charge in [-0.3, -0.25) is 23.5 Å². The minimum Gasteiger partial charge on any atom is -0.337 e. The largest absolute Gasteiger partial charge is 0.337 e. The van der Waals surface area contributed by atoms with Crippen LogP contribution in [-0.4, -0.2) is 38.8 Å². The van der Waals surface area contributed by atoms with E-state index >= 15 is 0 Å². The summed E-state index contributed by atoms with van der Waals surface area (Å²) >= 11 is 0. The third kappa shape index (κ3) is 2.46. The molecule has 0 aromatic carbocycles. The van der Waals surface area contributed by atoms with Gasteiger partial charge in [-0.15, -0.1) is 6.58 Å². The fraction of sp³-hybridized carbons (Fsp3) is 0.429. The lowest BCUT2D eigenvalue weighted by Crippen LogP contribution is -2.43. The van der Waals surface area contributed by atoms with E-state index in [4.69, 9.17) is 0 Å². The summed E-state index contributed by atoms with van der Waals surface area (Å²) < 4.78 is 2.05. The number of carbonyl (C=O) groups excluding carboxylic acids is 2. The Labute approximate surface area is 121 Å². The lowest BCUT2D eigenvalue weighted by molar-refractivity contribution is -0.130. The molecule has 2 rings (SSSR count). The zero-order valence-electron chi connectivity index (χ0n) is 12.0. The number of hydrogen-bond donors (Lipinski definition) is 0.